The van der Waals surface area contributed by atoms with Gasteiger partial charge in [-0.2, -0.15) is 0 Å². The molecule has 2 rings (SSSR count). The van der Waals surface area contributed by atoms with Gasteiger partial charge in [-0.15, -0.1) is 0 Å². The van der Waals surface area contributed by atoms with Crippen LogP contribution in [0.5, 0.6) is 0 Å². The molecule has 0 aliphatic heterocycles. The van der Waals surface area contributed by atoms with Gasteiger partial charge in [0.05, 0.1) is 7.11 Å². The molecule has 2 unspecified atom stereocenters. The second-order valence-corrected chi connectivity index (χ2v) is 3.80. The number of hydroxylamine groups is 2. The maximum Gasteiger partial charge on any atom is 0.249 e. The molecule has 1 amide bonds. The van der Waals surface area contributed by atoms with Gasteiger partial charge >= 0.3 is 0 Å². The Hall–Kier alpha value is -0.570. The van der Waals surface area contributed by atoms with Crippen LogP contribution in [0.25, 0.3) is 0 Å². The lowest BCUT2D eigenvalue weighted by molar-refractivity contribution is -0.171. The number of rotatable bonds is 2. The van der Waals surface area contributed by atoms with Crippen molar-refractivity contribution in [3.63, 3.8) is 0 Å². The summed E-state index contributed by atoms with van der Waals surface area (Å²) in [6, 6.07) is 0. The molecule has 0 aromatic rings. The first-order valence-electron chi connectivity index (χ1n) is 4.57. The normalized spacial score (nSPS) is 37.7. The van der Waals surface area contributed by atoms with Crippen LogP contribution < -0.4 is 0 Å². The quantitative estimate of drug-likeness (QED) is 0.578. The zero-order chi connectivity index (χ0) is 8.72. The number of fused-ring (bicyclic) bond motifs is 1. The molecule has 2 saturated carbocycles. The van der Waals surface area contributed by atoms with E-state index >= 15 is 0 Å². The molecule has 2 aliphatic carbocycles. The third kappa shape index (κ3) is 1.04. The van der Waals surface area contributed by atoms with Crippen molar-refractivity contribution in [2.24, 2.45) is 17.8 Å². The van der Waals surface area contributed by atoms with Crippen LogP contribution in [0.15, 0.2) is 0 Å². The molecule has 0 spiro atoms. The molecule has 2 fully saturated rings. The molecule has 68 valence electrons. The van der Waals surface area contributed by atoms with Crippen LogP contribution >= 0.6 is 0 Å². The zero-order valence-corrected chi connectivity index (χ0v) is 7.62. The molecule has 12 heavy (non-hydrogen) atoms. The number of amides is 1. The van der Waals surface area contributed by atoms with E-state index in [0.29, 0.717) is 17.8 Å². The summed E-state index contributed by atoms with van der Waals surface area (Å²) in [7, 11) is 3.23. The smallest absolute Gasteiger partial charge is 0.249 e. The van der Waals surface area contributed by atoms with Gasteiger partial charge in [0.15, 0.2) is 0 Å². The van der Waals surface area contributed by atoms with Crippen LogP contribution in [0.1, 0.15) is 19.3 Å². The largest absolute Gasteiger partial charge is 0.275 e. The van der Waals surface area contributed by atoms with Crippen molar-refractivity contribution in [2.45, 2.75) is 19.3 Å². The molecule has 0 bridgehead atoms. The first-order chi connectivity index (χ1) is 5.75. The van der Waals surface area contributed by atoms with Crippen molar-refractivity contribution in [1.29, 1.82) is 0 Å². The van der Waals surface area contributed by atoms with Crippen LogP contribution in [-0.4, -0.2) is 25.1 Å². The second kappa shape index (κ2) is 2.73. The average molecular weight is 169 g/mol. The van der Waals surface area contributed by atoms with Crippen LogP contribution in [0, 0.1) is 17.8 Å². The van der Waals surface area contributed by atoms with E-state index in [9.17, 15) is 4.79 Å². The van der Waals surface area contributed by atoms with Gasteiger partial charge in [0, 0.05) is 13.0 Å². The summed E-state index contributed by atoms with van der Waals surface area (Å²) in [4.78, 5) is 16.4. The second-order valence-electron chi connectivity index (χ2n) is 3.80. The Morgan fingerprint density at radius 2 is 2.00 bits per heavy atom. The van der Waals surface area contributed by atoms with Crippen molar-refractivity contribution in [3.8, 4) is 0 Å². The topological polar surface area (TPSA) is 29.5 Å². The minimum atomic E-state index is 0.173. The Bertz CT molecular complexity index is 195. The Labute approximate surface area is 72.6 Å². The van der Waals surface area contributed by atoms with Gasteiger partial charge in [0.25, 0.3) is 0 Å². The van der Waals surface area contributed by atoms with Gasteiger partial charge in [-0.1, -0.05) is 6.42 Å². The van der Waals surface area contributed by atoms with Gasteiger partial charge in [-0.3, -0.25) is 9.63 Å². The molecule has 0 heterocycles. The fourth-order valence-electron chi connectivity index (χ4n) is 2.49. The number of carbonyl (C=O) groups is 1. The van der Waals surface area contributed by atoms with Crippen LogP contribution in [-0.2, 0) is 9.63 Å². The number of hydrogen-bond acceptors (Lipinski definition) is 2. The fraction of sp³-hybridized carbons (Fsp3) is 0.889. The molecule has 0 aromatic heterocycles. The highest BCUT2D eigenvalue weighted by Crippen LogP contribution is 2.57. The summed E-state index contributed by atoms with van der Waals surface area (Å²) >= 11 is 0. The van der Waals surface area contributed by atoms with Crippen LogP contribution in [0.4, 0.5) is 0 Å². The van der Waals surface area contributed by atoms with Crippen molar-refractivity contribution in [1.82, 2.24) is 5.06 Å². The lowest BCUT2D eigenvalue weighted by Crippen LogP contribution is -2.28. The molecule has 0 radical (unpaired) electrons. The standard InChI is InChI=1S/C9H15NO2/c1-10(12-2)9(11)8-6-4-3-5-7(6)8/h6-8H,3-5H2,1-2H3. The molecule has 0 N–H and O–H groups in total. The van der Waals surface area contributed by atoms with Gasteiger partial charge in [0.1, 0.15) is 0 Å². The number of carbonyl (C=O) groups excluding carboxylic acids is 1. The van der Waals surface area contributed by atoms with Gasteiger partial charge in [-0.05, 0) is 24.7 Å². The molecule has 2 atom stereocenters. The van der Waals surface area contributed by atoms with E-state index in [-0.39, 0.29) is 5.91 Å². The third-order valence-electron chi connectivity index (χ3n) is 3.28. The summed E-state index contributed by atoms with van der Waals surface area (Å²) in [5.41, 5.74) is 0. The highest BCUT2D eigenvalue weighted by molar-refractivity contribution is 5.81. The first-order valence-corrected chi connectivity index (χ1v) is 4.57. The van der Waals surface area contributed by atoms with Crippen LogP contribution in [0.2, 0.25) is 0 Å². The zero-order valence-electron chi connectivity index (χ0n) is 7.62. The highest BCUT2D eigenvalue weighted by atomic mass is 16.7. The van der Waals surface area contributed by atoms with Crippen molar-refractivity contribution >= 4 is 5.91 Å². The van der Waals surface area contributed by atoms with E-state index < -0.39 is 0 Å². The van der Waals surface area contributed by atoms with Crippen molar-refractivity contribution < 1.29 is 9.63 Å². The van der Waals surface area contributed by atoms with E-state index in [4.69, 9.17) is 4.84 Å². The predicted octanol–water partition coefficient (Wildman–Crippen LogP) is 1.05. The highest BCUT2D eigenvalue weighted by Gasteiger charge is 2.57. The predicted molar refractivity (Wildman–Crippen MR) is 44.1 cm³/mol. The lowest BCUT2D eigenvalue weighted by Gasteiger charge is -2.14. The van der Waals surface area contributed by atoms with Crippen LogP contribution in [0.3, 0.4) is 0 Å². The van der Waals surface area contributed by atoms with E-state index in [1.54, 1.807) is 7.05 Å². The minimum absolute atomic E-state index is 0.173. The molecule has 0 aromatic carbocycles. The molecular weight excluding hydrogens is 154 g/mol. The van der Waals surface area contributed by atoms with E-state index in [2.05, 4.69) is 0 Å². The Morgan fingerprint density at radius 1 is 1.42 bits per heavy atom. The number of hydrogen-bond donors (Lipinski definition) is 0. The summed E-state index contributed by atoms with van der Waals surface area (Å²) in [6.45, 7) is 0. The van der Waals surface area contributed by atoms with Gasteiger partial charge < -0.3 is 0 Å². The van der Waals surface area contributed by atoms with E-state index in [0.717, 1.165) is 0 Å². The third-order valence-corrected chi connectivity index (χ3v) is 3.28. The minimum Gasteiger partial charge on any atom is -0.275 e. The summed E-state index contributed by atoms with van der Waals surface area (Å²) < 4.78 is 0. The SMILES string of the molecule is CON(C)C(=O)C1C2CCCC21. The first kappa shape index (κ1) is 8.05. The van der Waals surface area contributed by atoms with Gasteiger partial charge in [0.2, 0.25) is 5.91 Å². The Balaban J connectivity index is 1.91. The molecular formula is C9H15NO2. The summed E-state index contributed by atoms with van der Waals surface area (Å²) in [6.07, 6.45) is 3.81. The molecule has 2 aliphatic rings. The Kier molecular flexibility index (Phi) is 1.83. The Morgan fingerprint density at radius 3 is 2.50 bits per heavy atom. The average Bonchev–Trinajstić information content (AvgIpc) is 2.56. The number of nitrogens with zero attached hydrogens (tertiary/aromatic N) is 1. The lowest BCUT2D eigenvalue weighted by atomic mass is 10.1. The molecule has 3 heteroatoms. The van der Waals surface area contributed by atoms with Gasteiger partial charge in [-0.25, -0.2) is 5.06 Å². The summed E-state index contributed by atoms with van der Waals surface area (Å²) in [5, 5.41) is 1.36. The van der Waals surface area contributed by atoms with E-state index in [1.165, 1.54) is 31.4 Å². The van der Waals surface area contributed by atoms with Crippen molar-refractivity contribution in [3.05, 3.63) is 0 Å². The monoisotopic (exact) mass is 169 g/mol. The van der Waals surface area contributed by atoms with E-state index in [1.807, 2.05) is 0 Å². The summed E-state index contributed by atoms with van der Waals surface area (Å²) in [5.74, 6) is 1.85. The maximum atomic E-state index is 11.6. The fourth-order valence-corrected chi connectivity index (χ4v) is 2.49. The molecule has 0 saturated heterocycles. The molecule has 3 nitrogen and oxygen atoms in total. The maximum absolute atomic E-state index is 11.6. The van der Waals surface area contributed by atoms with Crippen molar-refractivity contribution in [2.75, 3.05) is 14.2 Å².